The molecule has 7 heteroatoms. The van der Waals surface area contributed by atoms with Crippen LogP contribution in [0, 0.1) is 13.8 Å². The van der Waals surface area contributed by atoms with E-state index in [4.69, 9.17) is 0 Å². The van der Waals surface area contributed by atoms with Crippen molar-refractivity contribution in [1.29, 1.82) is 0 Å². The summed E-state index contributed by atoms with van der Waals surface area (Å²) in [7, 11) is 0. The van der Waals surface area contributed by atoms with Gasteiger partial charge in [0.2, 0.25) is 0 Å². The first-order valence-corrected chi connectivity index (χ1v) is 13.1. The van der Waals surface area contributed by atoms with Gasteiger partial charge in [0.25, 0.3) is 11.8 Å². The number of likely N-dealkylation sites (tertiary alicyclic amines) is 1. The van der Waals surface area contributed by atoms with Gasteiger partial charge in [-0.05, 0) is 106 Å². The summed E-state index contributed by atoms with van der Waals surface area (Å²) >= 11 is 0. The predicted molar refractivity (Wildman–Crippen MR) is 150 cm³/mol. The number of benzene rings is 3. The van der Waals surface area contributed by atoms with Crippen LogP contribution in [0.1, 0.15) is 56.7 Å². The summed E-state index contributed by atoms with van der Waals surface area (Å²) in [6.45, 7) is 9.05. The van der Waals surface area contributed by atoms with Crippen LogP contribution < -0.4 is 21.3 Å². The molecule has 3 aromatic rings. The van der Waals surface area contributed by atoms with Gasteiger partial charge in [-0.3, -0.25) is 9.59 Å². The van der Waals surface area contributed by atoms with Crippen LogP contribution >= 0.6 is 0 Å². The van der Waals surface area contributed by atoms with Crippen LogP contribution in [0.5, 0.6) is 0 Å². The molecular weight excluding hydrogens is 462 g/mol. The Kier molecular flexibility index (Phi) is 7.42. The van der Waals surface area contributed by atoms with E-state index in [0.29, 0.717) is 23.4 Å². The molecule has 3 aromatic carbocycles. The summed E-state index contributed by atoms with van der Waals surface area (Å²) in [6.07, 6.45) is 3.74. The lowest BCUT2D eigenvalue weighted by Crippen LogP contribution is -2.22. The van der Waals surface area contributed by atoms with Crippen molar-refractivity contribution in [3.05, 3.63) is 82.4 Å². The molecular formula is C30H35N5O2. The Morgan fingerprint density at radius 1 is 0.946 bits per heavy atom. The summed E-state index contributed by atoms with van der Waals surface area (Å²) in [4.78, 5) is 28.2. The van der Waals surface area contributed by atoms with E-state index < -0.39 is 0 Å². The minimum atomic E-state index is -0.238. The molecule has 7 nitrogen and oxygen atoms in total. The van der Waals surface area contributed by atoms with Gasteiger partial charge in [0.1, 0.15) is 0 Å². The van der Waals surface area contributed by atoms with Crippen LogP contribution in [0.3, 0.4) is 0 Å². The minimum absolute atomic E-state index is 0.177. The highest BCUT2D eigenvalue weighted by molar-refractivity contribution is 6.11. The van der Waals surface area contributed by atoms with E-state index in [2.05, 4.69) is 46.1 Å². The Balaban J connectivity index is 1.24. The number of amides is 2. The smallest absolute Gasteiger partial charge is 0.255 e. The lowest BCUT2D eigenvalue weighted by molar-refractivity contribution is 0.0966. The fraction of sp³-hybridized carbons (Fsp3) is 0.333. The third-order valence-electron chi connectivity index (χ3n) is 7.41. The summed E-state index contributed by atoms with van der Waals surface area (Å²) in [5, 5.41) is 12.8. The molecule has 0 aliphatic carbocycles. The average Bonchev–Trinajstić information content (AvgIpc) is 3.57. The summed E-state index contributed by atoms with van der Waals surface area (Å²) in [5.74, 6) is -0.416. The third kappa shape index (κ3) is 5.62. The maximum Gasteiger partial charge on any atom is 0.255 e. The van der Waals surface area contributed by atoms with Crippen molar-refractivity contribution in [3.8, 4) is 0 Å². The molecule has 5 rings (SSSR count). The number of nitrogens with one attached hydrogen (secondary N) is 4. The van der Waals surface area contributed by atoms with Crippen LogP contribution in [0.2, 0.25) is 0 Å². The van der Waals surface area contributed by atoms with Crippen molar-refractivity contribution in [1.82, 2.24) is 10.2 Å². The molecule has 37 heavy (non-hydrogen) atoms. The van der Waals surface area contributed by atoms with Crippen molar-refractivity contribution in [2.45, 2.75) is 39.7 Å². The molecule has 1 fully saturated rings. The molecule has 2 amide bonds. The van der Waals surface area contributed by atoms with Crippen LogP contribution in [0.25, 0.3) is 0 Å². The number of carbonyl (C=O) groups is 2. The van der Waals surface area contributed by atoms with Crippen LogP contribution in [-0.4, -0.2) is 42.9 Å². The van der Waals surface area contributed by atoms with Gasteiger partial charge >= 0.3 is 0 Å². The molecule has 0 radical (unpaired) electrons. The van der Waals surface area contributed by atoms with E-state index in [9.17, 15) is 9.59 Å². The second kappa shape index (κ2) is 11.0. The van der Waals surface area contributed by atoms with Gasteiger partial charge in [0.15, 0.2) is 0 Å². The first kappa shape index (κ1) is 24.8. The largest absolute Gasteiger partial charge is 0.385 e. The minimum Gasteiger partial charge on any atom is -0.385 e. The van der Waals surface area contributed by atoms with Crippen LogP contribution in [0.4, 0.5) is 22.7 Å². The Morgan fingerprint density at radius 3 is 2.49 bits per heavy atom. The van der Waals surface area contributed by atoms with Gasteiger partial charge in [0.05, 0.1) is 11.3 Å². The van der Waals surface area contributed by atoms with E-state index in [1.807, 2.05) is 42.5 Å². The zero-order chi connectivity index (χ0) is 25.8. The van der Waals surface area contributed by atoms with Crippen LogP contribution in [0.15, 0.2) is 54.6 Å². The molecule has 1 saturated heterocycles. The molecule has 0 atom stereocenters. The average molecular weight is 498 g/mol. The highest BCUT2D eigenvalue weighted by atomic mass is 16.2. The standard InChI is InChI=1S/C30H35N5O2/c1-20-7-5-8-25(21(20)2)33-26-13-14-27(28-24(26)19-32-30(28)37)34-29(36)22-9-11-23(12-10-22)31-15-6-18-35-16-3-4-17-35/h5,7-14,31,33H,3-4,6,15-19H2,1-2H3,(H,32,37)(H,34,36). The lowest BCUT2D eigenvalue weighted by Gasteiger charge is -2.16. The fourth-order valence-corrected chi connectivity index (χ4v) is 5.08. The Hall–Kier alpha value is -3.84. The highest BCUT2D eigenvalue weighted by Crippen LogP contribution is 2.34. The number of hydrogen-bond donors (Lipinski definition) is 4. The normalized spacial score (nSPS) is 14.8. The van der Waals surface area contributed by atoms with E-state index in [-0.39, 0.29) is 11.8 Å². The second-order valence-electron chi connectivity index (χ2n) is 9.93. The molecule has 2 aliphatic heterocycles. The number of fused-ring (bicyclic) bond motifs is 1. The van der Waals surface area contributed by atoms with Crippen molar-refractivity contribution in [2.24, 2.45) is 0 Å². The predicted octanol–water partition coefficient (Wildman–Crippen LogP) is 5.44. The maximum atomic E-state index is 13.0. The monoisotopic (exact) mass is 497 g/mol. The van der Waals surface area contributed by atoms with Gasteiger partial charge in [-0.1, -0.05) is 12.1 Å². The first-order chi connectivity index (χ1) is 18.0. The molecule has 4 N–H and O–H groups in total. The number of anilines is 4. The molecule has 2 aliphatic rings. The number of aryl methyl sites for hydroxylation is 1. The van der Waals surface area contributed by atoms with Gasteiger partial charge in [-0.25, -0.2) is 0 Å². The van der Waals surface area contributed by atoms with E-state index >= 15 is 0 Å². The van der Waals surface area contributed by atoms with Gasteiger partial charge < -0.3 is 26.2 Å². The maximum absolute atomic E-state index is 13.0. The fourth-order valence-electron chi connectivity index (χ4n) is 5.08. The van der Waals surface area contributed by atoms with E-state index in [0.717, 1.165) is 47.7 Å². The number of hydrogen-bond acceptors (Lipinski definition) is 5. The Morgan fingerprint density at radius 2 is 1.70 bits per heavy atom. The number of rotatable bonds is 9. The van der Waals surface area contributed by atoms with Crippen molar-refractivity contribution >= 4 is 34.6 Å². The molecule has 0 spiro atoms. The molecule has 0 saturated carbocycles. The van der Waals surface area contributed by atoms with E-state index in [1.54, 1.807) is 6.07 Å². The Labute approximate surface area is 218 Å². The van der Waals surface area contributed by atoms with Gasteiger partial charge in [-0.15, -0.1) is 0 Å². The SMILES string of the molecule is Cc1cccc(Nc2ccc(NC(=O)c3ccc(NCCCN4CCCC4)cc3)c3c2CNC3=O)c1C. The lowest BCUT2D eigenvalue weighted by atomic mass is 10.0. The second-order valence-corrected chi connectivity index (χ2v) is 9.93. The van der Waals surface area contributed by atoms with Crippen molar-refractivity contribution < 1.29 is 9.59 Å². The number of carbonyl (C=O) groups excluding carboxylic acids is 2. The summed E-state index contributed by atoms with van der Waals surface area (Å²) < 4.78 is 0. The van der Waals surface area contributed by atoms with E-state index in [1.165, 1.54) is 31.5 Å². The van der Waals surface area contributed by atoms with Crippen LogP contribution in [-0.2, 0) is 6.54 Å². The molecule has 0 bridgehead atoms. The van der Waals surface area contributed by atoms with Crippen molar-refractivity contribution in [3.63, 3.8) is 0 Å². The molecule has 0 unspecified atom stereocenters. The molecule has 2 heterocycles. The molecule has 192 valence electrons. The van der Waals surface area contributed by atoms with Gasteiger partial charge in [-0.2, -0.15) is 0 Å². The zero-order valence-corrected chi connectivity index (χ0v) is 21.6. The third-order valence-corrected chi connectivity index (χ3v) is 7.41. The van der Waals surface area contributed by atoms with Gasteiger partial charge in [0, 0.05) is 41.3 Å². The quantitative estimate of drug-likeness (QED) is 0.296. The first-order valence-electron chi connectivity index (χ1n) is 13.1. The zero-order valence-electron chi connectivity index (χ0n) is 21.6. The molecule has 0 aromatic heterocycles. The summed E-state index contributed by atoms with van der Waals surface area (Å²) in [5.41, 5.74) is 7.66. The highest BCUT2D eigenvalue weighted by Gasteiger charge is 2.27. The summed E-state index contributed by atoms with van der Waals surface area (Å²) in [6, 6.07) is 17.3. The topological polar surface area (TPSA) is 85.5 Å². The number of nitrogens with zero attached hydrogens (tertiary/aromatic N) is 1. The Bertz CT molecular complexity index is 1300. The van der Waals surface area contributed by atoms with Crippen molar-refractivity contribution in [2.75, 3.05) is 42.1 Å².